The normalized spacial score (nSPS) is 10.8. The predicted molar refractivity (Wildman–Crippen MR) is 78.5 cm³/mol. The van der Waals surface area contributed by atoms with Gasteiger partial charge in [0.15, 0.2) is 0 Å². The maximum absolute atomic E-state index is 6.07. The van der Waals surface area contributed by atoms with Crippen LogP contribution in [0.15, 0.2) is 53.6 Å². The van der Waals surface area contributed by atoms with Crippen LogP contribution < -0.4 is 5.43 Å². The average molecular weight is 259 g/mol. The van der Waals surface area contributed by atoms with E-state index in [0.717, 1.165) is 28.3 Å². The van der Waals surface area contributed by atoms with Crippen LogP contribution in [0.4, 0.5) is 5.69 Å². The molecular formula is C15H15ClN2. The Bertz CT molecular complexity index is 535. The van der Waals surface area contributed by atoms with Gasteiger partial charge in [-0.2, -0.15) is 5.10 Å². The summed E-state index contributed by atoms with van der Waals surface area (Å²) in [5, 5.41) is 5.01. The highest BCUT2D eigenvalue weighted by molar-refractivity contribution is 6.31. The first kappa shape index (κ1) is 12.7. The Labute approximate surface area is 112 Å². The molecule has 0 aliphatic heterocycles. The molecule has 0 radical (unpaired) electrons. The van der Waals surface area contributed by atoms with Crippen molar-refractivity contribution in [2.24, 2.45) is 5.10 Å². The quantitative estimate of drug-likeness (QED) is 0.640. The predicted octanol–water partition coefficient (Wildman–Crippen LogP) is 4.35. The van der Waals surface area contributed by atoms with Crippen molar-refractivity contribution in [3.8, 4) is 0 Å². The van der Waals surface area contributed by atoms with Gasteiger partial charge in [0, 0.05) is 5.02 Å². The van der Waals surface area contributed by atoms with Gasteiger partial charge >= 0.3 is 0 Å². The summed E-state index contributed by atoms with van der Waals surface area (Å²) in [6, 6.07) is 15.8. The van der Waals surface area contributed by atoms with E-state index in [4.69, 9.17) is 11.6 Å². The second-order valence-corrected chi connectivity index (χ2v) is 4.35. The van der Waals surface area contributed by atoms with Crippen molar-refractivity contribution in [2.45, 2.75) is 13.3 Å². The van der Waals surface area contributed by atoms with Crippen LogP contribution >= 0.6 is 11.6 Å². The number of aryl methyl sites for hydroxylation is 1. The Balaban J connectivity index is 2.05. The molecule has 2 aromatic rings. The van der Waals surface area contributed by atoms with E-state index >= 15 is 0 Å². The number of para-hydroxylation sites is 1. The maximum Gasteiger partial charge on any atom is 0.0561 e. The zero-order valence-electron chi connectivity index (χ0n) is 10.2. The number of benzene rings is 2. The molecule has 3 heteroatoms. The fourth-order valence-corrected chi connectivity index (χ4v) is 1.89. The summed E-state index contributed by atoms with van der Waals surface area (Å²) in [5.74, 6) is 0. The lowest BCUT2D eigenvalue weighted by Crippen LogP contribution is -1.91. The first-order valence-corrected chi connectivity index (χ1v) is 6.30. The molecule has 0 fully saturated rings. The Hall–Kier alpha value is -1.80. The minimum Gasteiger partial charge on any atom is -0.279 e. The fourth-order valence-electron chi connectivity index (χ4n) is 1.64. The van der Waals surface area contributed by atoms with Gasteiger partial charge in [0.1, 0.15) is 0 Å². The Morgan fingerprint density at radius 3 is 2.67 bits per heavy atom. The van der Waals surface area contributed by atoms with Crippen LogP contribution in [0.3, 0.4) is 0 Å². The third-order valence-corrected chi connectivity index (χ3v) is 3.00. The standard InChI is InChI=1S/C15H15ClN2/c1-2-13-10-12(8-9-15(13)16)11-17-18-14-6-4-3-5-7-14/h3-11,18H,2H2,1H3. The zero-order valence-corrected chi connectivity index (χ0v) is 11.0. The molecule has 0 aliphatic carbocycles. The maximum atomic E-state index is 6.07. The van der Waals surface area contributed by atoms with Gasteiger partial charge in [-0.15, -0.1) is 0 Å². The van der Waals surface area contributed by atoms with Crippen molar-refractivity contribution in [3.05, 3.63) is 64.7 Å². The van der Waals surface area contributed by atoms with E-state index in [1.54, 1.807) is 6.21 Å². The molecule has 92 valence electrons. The SMILES string of the molecule is CCc1cc(C=NNc2ccccc2)ccc1Cl. The molecule has 0 heterocycles. The molecular weight excluding hydrogens is 244 g/mol. The fraction of sp³-hybridized carbons (Fsp3) is 0.133. The largest absolute Gasteiger partial charge is 0.279 e. The van der Waals surface area contributed by atoms with Crippen molar-refractivity contribution in [2.75, 3.05) is 5.43 Å². The summed E-state index contributed by atoms with van der Waals surface area (Å²) in [6.07, 6.45) is 2.72. The van der Waals surface area contributed by atoms with Gasteiger partial charge in [-0.3, -0.25) is 5.43 Å². The number of nitrogens with zero attached hydrogens (tertiary/aromatic N) is 1. The lowest BCUT2D eigenvalue weighted by molar-refractivity contribution is 1.14. The molecule has 0 saturated carbocycles. The van der Waals surface area contributed by atoms with E-state index in [2.05, 4.69) is 23.5 Å². The second kappa shape index (κ2) is 6.22. The topological polar surface area (TPSA) is 24.4 Å². The van der Waals surface area contributed by atoms with E-state index in [1.807, 2.05) is 42.5 Å². The number of hydrogen-bond donors (Lipinski definition) is 1. The molecule has 18 heavy (non-hydrogen) atoms. The average Bonchev–Trinajstić information content (AvgIpc) is 2.42. The summed E-state index contributed by atoms with van der Waals surface area (Å²) in [6.45, 7) is 2.09. The monoisotopic (exact) mass is 258 g/mol. The first-order chi connectivity index (χ1) is 8.79. The van der Waals surface area contributed by atoms with Crippen LogP contribution in [0.2, 0.25) is 5.02 Å². The molecule has 0 aliphatic rings. The molecule has 0 saturated heterocycles. The first-order valence-electron chi connectivity index (χ1n) is 5.92. The van der Waals surface area contributed by atoms with Crippen LogP contribution in [0.5, 0.6) is 0 Å². The Kier molecular flexibility index (Phi) is 4.37. The van der Waals surface area contributed by atoms with Gasteiger partial charge in [-0.1, -0.05) is 42.8 Å². The molecule has 2 rings (SSSR count). The molecule has 0 bridgehead atoms. The summed E-state index contributed by atoms with van der Waals surface area (Å²) in [7, 11) is 0. The minimum atomic E-state index is 0.811. The third-order valence-electron chi connectivity index (χ3n) is 2.63. The van der Waals surface area contributed by atoms with Crippen molar-refractivity contribution in [1.82, 2.24) is 0 Å². The molecule has 0 unspecified atom stereocenters. The molecule has 2 nitrogen and oxygen atoms in total. The van der Waals surface area contributed by atoms with Gasteiger partial charge in [-0.05, 0) is 41.8 Å². The van der Waals surface area contributed by atoms with Gasteiger partial charge in [0.25, 0.3) is 0 Å². The highest BCUT2D eigenvalue weighted by Crippen LogP contribution is 2.17. The Morgan fingerprint density at radius 1 is 1.17 bits per heavy atom. The number of hydrazone groups is 1. The van der Waals surface area contributed by atoms with Gasteiger partial charge in [0.2, 0.25) is 0 Å². The van der Waals surface area contributed by atoms with Gasteiger partial charge in [-0.25, -0.2) is 0 Å². The third kappa shape index (κ3) is 3.34. The van der Waals surface area contributed by atoms with Gasteiger partial charge < -0.3 is 0 Å². The summed E-state index contributed by atoms with van der Waals surface area (Å²) in [4.78, 5) is 0. The van der Waals surface area contributed by atoms with Crippen LogP contribution in [0.25, 0.3) is 0 Å². The molecule has 0 amide bonds. The summed E-state index contributed by atoms with van der Waals surface area (Å²) >= 11 is 6.07. The van der Waals surface area contributed by atoms with Crippen LogP contribution in [0, 0.1) is 0 Å². The molecule has 0 spiro atoms. The minimum absolute atomic E-state index is 0.811. The van der Waals surface area contributed by atoms with Gasteiger partial charge in [0.05, 0.1) is 11.9 Å². The molecule has 1 N–H and O–H groups in total. The smallest absolute Gasteiger partial charge is 0.0561 e. The molecule has 2 aromatic carbocycles. The van der Waals surface area contributed by atoms with Crippen molar-refractivity contribution in [1.29, 1.82) is 0 Å². The highest BCUT2D eigenvalue weighted by Gasteiger charge is 1.98. The second-order valence-electron chi connectivity index (χ2n) is 3.94. The van der Waals surface area contributed by atoms with E-state index in [1.165, 1.54) is 0 Å². The number of halogens is 1. The Morgan fingerprint density at radius 2 is 1.94 bits per heavy atom. The molecule has 0 aromatic heterocycles. The number of hydrogen-bond acceptors (Lipinski definition) is 2. The van der Waals surface area contributed by atoms with Crippen molar-refractivity contribution >= 4 is 23.5 Å². The summed E-state index contributed by atoms with van der Waals surface area (Å²) in [5.41, 5.74) is 6.13. The van der Waals surface area contributed by atoms with E-state index in [-0.39, 0.29) is 0 Å². The number of nitrogens with one attached hydrogen (secondary N) is 1. The number of rotatable bonds is 4. The zero-order chi connectivity index (χ0) is 12.8. The van der Waals surface area contributed by atoms with E-state index in [0.29, 0.717) is 0 Å². The van der Waals surface area contributed by atoms with Crippen molar-refractivity contribution in [3.63, 3.8) is 0 Å². The van der Waals surface area contributed by atoms with Crippen LogP contribution in [-0.2, 0) is 6.42 Å². The van der Waals surface area contributed by atoms with E-state index < -0.39 is 0 Å². The number of anilines is 1. The van der Waals surface area contributed by atoms with E-state index in [9.17, 15) is 0 Å². The van der Waals surface area contributed by atoms with Crippen molar-refractivity contribution < 1.29 is 0 Å². The lowest BCUT2D eigenvalue weighted by atomic mass is 10.1. The van der Waals surface area contributed by atoms with Crippen LogP contribution in [0.1, 0.15) is 18.1 Å². The van der Waals surface area contributed by atoms with Crippen LogP contribution in [-0.4, -0.2) is 6.21 Å². The highest BCUT2D eigenvalue weighted by atomic mass is 35.5. The summed E-state index contributed by atoms with van der Waals surface area (Å²) < 4.78 is 0. The lowest BCUT2D eigenvalue weighted by Gasteiger charge is -2.02. The molecule has 0 atom stereocenters.